The van der Waals surface area contributed by atoms with Crippen molar-refractivity contribution in [2.75, 3.05) is 19.8 Å². The van der Waals surface area contributed by atoms with Gasteiger partial charge in [0.2, 0.25) is 0 Å². The molecule has 0 heterocycles. The second-order valence-corrected chi connectivity index (χ2v) is 3.45. The Morgan fingerprint density at radius 3 is 2.06 bits per heavy atom. The van der Waals surface area contributed by atoms with Crippen LogP contribution in [0.4, 0.5) is 0 Å². The number of rotatable bonds is 9. The van der Waals surface area contributed by atoms with Gasteiger partial charge in [0.15, 0.2) is 0 Å². The molecule has 0 saturated heterocycles. The molecule has 0 fully saturated rings. The summed E-state index contributed by atoms with van der Waals surface area (Å²) in [6.45, 7) is 3.26. The maximum atomic E-state index is 11.1. The van der Waals surface area contributed by atoms with E-state index in [2.05, 4.69) is 6.92 Å². The molecule has 1 radical (unpaired) electrons. The molecule has 6 nitrogen and oxygen atoms in total. The second-order valence-electron chi connectivity index (χ2n) is 3.45. The van der Waals surface area contributed by atoms with Gasteiger partial charge in [-0.2, -0.15) is 0 Å². The third-order valence-corrected chi connectivity index (χ3v) is 1.81. The van der Waals surface area contributed by atoms with Gasteiger partial charge in [-0.1, -0.05) is 0 Å². The summed E-state index contributed by atoms with van der Waals surface area (Å²) >= 11 is 0. The van der Waals surface area contributed by atoms with Gasteiger partial charge in [0.05, 0.1) is 0 Å². The molecule has 0 aromatic carbocycles. The summed E-state index contributed by atoms with van der Waals surface area (Å²) in [5, 5.41) is 17.0. The van der Waals surface area contributed by atoms with Crippen molar-refractivity contribution in [3.05, 3.63) is 6.92 Å². The quantitative estimate of drug-likeness (QED) is 0.420. The van der Waals surface area contributed by atoms with E-state index in [0.29, 0.717) is 12.8 Å². The van der Waals surface area contributed by atoms with Crippen LogP contribution in [0.2, 0.25) is 0 Å². The van der Waals surface area contributed by atoms with Crippen LogP contribution in [0.25, 0.3) is 0 Å². The van der Waals surface area contributed by atoms with E-state index in [-0.39, 0.29) is 62.2 Å². The van der Waals surface area contributed by atoms with Crippen molar-refractivity contribution in [1.29, 1.82) is 0 Å². The van der Waals surface area contributed by atoms with Crippen molar-refractivity contribution in [2.24, 2.45) is 0 Å². The molecule has 0 aliphatic rings. The topological polar surface area (TPSA) is 93.1 Å². The molecule has 1 unspecified atom stereocenters. The van der Waals surface area contributed by atoms with E-state index in [0.717, 1.165) is 0 Å². The van der Waals surface area contributed by atoms with Gasteiger partial charge < -0.3 is 19.7 Å². The molecule has 0 bridgehead atoms. The molecule has 0 aliphatic heterocycles. The van der Waals surface area contributed by atoms with Gasteiger partial charge in [-0.3, -0.25) is 9.59 Å². The van der Waals surface area contributed by atoms with E-state index < -0.39 is 18.0 Å². The van der Waals surface area contributed by atoms with Gasteiger partial charge >= 0.3 is 41.5 Å². The van der Waals surface area contributed by atoms with Crippen LogP contribution < -0.4 is 0 Å². The first kappa shape index (κ1) is 20.2. The Balaban J connectivity index is 0. The average Bonchev–Trinajstić information content (AvgIpc) is 2.31. The SMILES string of the molecule is [CH2]C(COC(=O)CCCO)OC(=O)CCCO.[NaH]. The number of aliphatic hydroxyl groups excluding tert-OH is 2. The van der Waals surface area contributed by atoms with Crippen LogP contribution in [-0.4, -0.2) is 77.6 Å². The van der Waals surface area contributed by atoms with E-state index in [4.69, 9.17) is 19.7 Å². The first-order valence-corrected chi connectivity index (χ1v) is 5.50. The Morgan fingerprint density at radius 2 is 1.56 bits per heavy atom. The number of hydrogen-bond donors (Lipinski definition) is 2. The Kier molecular flexibility index (Phi) is 14.9. The molecule has 1 atom stereocenters. The van der Waals surface area contributed by atoms with E-state index in [1.54, 1.807) is 0 Å². The van der Waals surface area contributed by atoms with Gasteiger partial charge in [0.1, 0.15) is 12.7 Å². The summed E-state index contributed by atoms with van der Waals surface area (Å²) < 4.78 is 9.59. The van der Waals surface area contributed by atoms with Gasteiger partial charge in [-0.15, -0.1) is 0 Å². The van der Waals surface area contributed by atoms with Crippen molar-refractivity contribution in [3.63, 3.8) is 0 Å². The minimum atomic E-state index is -0.751. The third-order valence-electron chi connectivity index (χ3n) is 1.81. The number of esters is 2. The predicted octanol–water partition coefficient (Wildman–Crippen LogP) is -0.828. The van der Waals surface area contributed by atoms with Crippen LogP contribution >= 0.6 is 0 Å². The van der Waals surface area contributed by atoms with E-state index >= 15 is 0 Å². The van der Waals surface area contributed by atoms with Crippen LogP contribution in [0.1, 0.15) is 25.7 Å². The molecule has 101 valence electrons. The van der Waals surface area contributed by atoms with Crippen LogP contribution in [-0.2, 0) is 19.1 Å². The summed E-state index contributed by atoms with van der Waals surface area (Å²) in [7, 11) is 0. The molecule has 2 N–H and O–H groups in total. The fourth-order valence-electron chi connectivity index (χ4n) is 0.984. The average molecular weight is 271 g/mol. The number of aliphatic hydroxyl groups is 2. The zero-order chi connectivity index (χ0) is 13.1. The summed E-state index contributed by atoms with van der Waals surface area (Å²) in [5.41, 5.74) is 0. The van der Waals surface area contributed by atoms with Crippen molar-refractivity contribution in [2.45, 2.75) is 31.8 Å². The molecule has 0 amide bonds. The Labute approximate surface area is 129 Å². The number of hydrogen-bond acceptors (Lipinski definition) is 6. The predicted molar refractivity (Wildman–Crippen MR) is 66.0 cm³/mol. The molecule has 0 aromatic rings. The maximum absolute atomic E-state index is 11.1. The second kappa shape index (κ2) is 13.3. The van der Waals surface area contributed by atoms with Gasteiger partial charge in [0, 0.05) is 26.1 Å². The van der Waals surface area contributed by atoms with E-state index in [1.807, 2.05) is 0 Å². The summed E-state index contributed by atoms with van der Waals surface area (Å²) in [5.74, 6) is -0.940. The van der Waals surface area contributed by atoms with Crippen molar-refractivity contribution < 1.29 is 29.3 Å². The molecule has 0 spiro atoms. The van der Waals surface area contributed by atoms with Gasteiger partial charge in [-0.25, -0.2) is 0 Å². The summed E-state index contributed by atoms with van der Waals surface area (Å²) in [4.78, 5) is 22.1. The minimum absolute atomic E-state index is 0. The molecular weight excluding hydrogens is 251 g/mol. The Bertz CT molecular complexity index is 234. The zero-order valence-corrected chi connectivity index (χ0v) is 9.76. The summed E-state index contributed by atoms with van der Waals surface area (Å²) in [6, 6.07) is 0. The molecule has 0 rings (SSSR count). The molecule has 0 aliphatic carbocycles. The zero-order valence-electron chi connectivity index (χ0n) is 9.76. The molecule has 18 heavy (non-hydrogen) atoms. The van der Waals surface area contributed by atoms with E-state index in [9.17, 15) is 9.59 Å². The first-order valence-electron chi connectivity index (χ1n) is 5.50. The Morgan fingerprint density at radius 1 is 1.06 bits per heavy atom. The van der Waals surface area contributed by atoms with Crippen LogP contribution in [0, 0.1) is 6.92 Å². The molecule has 0 aromatic heterocycles. The van der Waals surface area contributed by atoms with Crippen molar-refractivity contribution in [1.82, 2.24) is 0 Å². The third kappa shape index (κ3) is 12.3. The van der Waals surface area contributed by atoms with Crippen molar-refractivity contribution >= 4 is 41.5 Å². The number of carbonyl (C=O) groups excluding carboxylic acids is 2. The molecular formula is C11H20NaO6. The van der Waals surface area contributed by atoms with Gasteiger partial charge in [0.25, 0.3) is 0 Å². The number of carbonyl (C=O) groups is 2. The standard InChI is InChI=1S/C11H19O6.Na.H/c1-9(17-11(15)5-3-7-13)8-16-10(14)4-2-6-12;;/h9,12-13H,1-8H2;;. The molecule has 7 heteroatoms. The van der Waals surface area contributed by atoms with Gasteiger partial charge in [-0.05, 0) is 19.8 Å². The monoisotopic (exact) mass is 271 g/mol. The van der Waals surface area contributed by atoms with E-state index in [1.165, 1.54) is 0 Å². The first-order chi connectivity index (χ1) is 8.10. The van der Waals surface area contributed by atoms with Crippen LogP contribution in [0.15, 0.2) is 0 Å². The fourth-order valence-corrected chi connectivity index (χ4v) is 0.984. The van der Waals surface area contributed by atoms with Crippen LogP contribution in [0.5, 0.6) is 0 Å². The normalized spacial score (nSPS) is 11.3. The number of ether oxygens (including phenoxy) is 2. The molecule has 0 saturated carbocycles. The van der Waals surface area contributed by atoms with Crippen LogP contribution in [0.3, 0.4) is 0 Å². The summed E-state index contributed by atoms with van der Waals surface area (Å²) in [6.07, 6.45) is 0.167. The Hall–Kier alpha value is -0.140. The fraction of sp³-hybridized carbons (Fsp3) is 0.727. The van der Waals surface area contributed by atoms with Crippen molar-refractivity contribution in [3.8, 4) is 0 Å².